The Balaban J connectivity index is 1.59. The number of nitrogens with zero attached hydrogens (tertiary/aromatic N) is 1. The predicted octanol–water partition coefficient (Wildman–Crippen LogP) is 2.68. The number of benzene rings is 1. The van der Waals surface area contributed by atoms with Crippen LogP contribution in [0, 0.1) is 0 Å². The number of carbonyl (C=O) groups excluding carboxylic acids is 1. The largest absolute Gasteiger partial charge is 0.486 e. The maximum atomic E-state index is 12.3. The fourth-order valence-electron chi connectivity index (χ4n) is 2.60. The van der Waals surface area contributed by atoms with Crippen LogP contribution in [0.15, 0.2) is 29.6 Å². The van der Waals surface area contributed by atoms with E-state index in [-0.39, 0.29) is 29.7 Å². The van der Waals surface area contributed by atoms with Gasteiger partial charge in [0.2, 0.25) is 0 Å². The number of carbonyl (C=O) groups is 1. The minimum atomic E-state index is -3.08. The molecule has 1 saturated heterocycles. The van der Waals surface area contributed by atoms with E-state index < -0.39 is 15.4 Å². The molecule has 3 rings (SSSR count). The van der Waals surface area contributed by atoms with Crippen LogP contribution < -0.4 is 10.1 Å². The lowest BCUT2D eigenvalue weighted by Gasteiger charge is -2.23. The van der Waals surface area contributed by atoms with E-state index in [1.165, 1.54) is 11.3 Å². The SMILES string of the molecule is CC1(NC(=O)c2csc(COc3ccc(Cl)cc3)n2)CCS(=O)(=O)C1. The third-order valence-electron chi connectivity index (χ3n) is 3.88. The van der Waals surface area contributed by atoms with Crippen LogP contribution >= 0.6 is 22.9 Å². The lowest BCUT2D eigenvalue weighted by atomic mass is 10.0. The van der Waals surface area contributed by atoms with Crippen molar-refractivity contribution in [2.45, 2.75) is 25.5 Å². The summed E-state index contributed by atoms with van der Waals surface area (Å²) in [5.74, 6) is 0.353. The monoisotopic (exact) mass is 400 g/mol. The summed E-state index contributed by atoms with van der Waals surface area (Å²) in [4.78, 5) is 16.6. The minimum Gasteiger partial charge on any atom is -0.486 e. The molecule has 1 N–H and O–H groups in total. The molecular formula is C16H17ClN2O4S2. The molecule has 1 aromatic carbocycles. The summed E-state index contributed by atoms with van der Waals surface area (Å²) in [7, 11) is -3.08. The van der Waals surface area contributed by atoms with Gasteiger partial charge in [-0.2, -0.15) is 0 Å². The molecule has 1 aliphatic heterocycles. The molecule has 0 saturated carbocycles. The van der Waals surface area contributed by atoms with Gasteiger partial charge in [0.15, 0.2) is 9.84 Å². The van der Waals surface area contributed by atoms with Crippen LogP contribution in [0.4, 0.5) is 0 Å². The Morgan fingerprint density at radius 2 is 2.12 bits per heavy atom. The highest BCUT2D eigenvalue weighted by Gasteiger charge is 2.39. The van der Waals surface area contributed by atoms with Gasteiger partial charge < -0.3 is 10.1 Å². The maximum Gasteiger partial charge on any atom is 0.271 e. The average Bonchev–Trinajstić information content (AvgIpc) is 3.11. The van der Waals surface area contributed by atoms with Gasteiger partial charge in [-0.15, -0.1) is 11.3 Å². The third kappa shape index (κ3) is 4.71. The number of halogens is 1. The second-order valence-electron chi connectivity index (χ2n) is 6.23. The van der Waals surface area contributed by atoms with Crippen LogP contribution in [0.1, 0.15) is 28.8 Å². The van der Waals surface area contributed by atoms with Crippen molar-refractivity contribution in [2.75, 3.05) is 11.5 Å². The zero-order valence-electron chi connectivity index (χ0n) is 13.5. The number of rotatable bonds is 5. The quantitative estimate of drug-likeness (QED) is 0.833. The van der Waals surface area contributed by atoms with Gasteiger partial charge in [0.1, 0.15) is 23.1 Å². The summed E-state index contributed by atoms with van der Waals surface area (Å²) in [5, 5.41) is 5.72. The zero-order chi connectivity index (χ0) is 18.1. The molecule has 2 aromatic rings. The van der Waals surface area contributed by atoms with Crippen molar-refractivity contribution in [3.63, 3.8) is 0 Å². The lowest BCUT2D eigenvalue weighted by Crippen LogP contribution is -2.47. The van der Waals surface area contributed by atoms with Gasteiger partial charge in [-0.05, 0) is 37.6 Å². The van der Waals surface area contributed by atoms with E-state index in [2.05, 4.69) is 10.3 Å². The molecule has 6 nitrogen and oxygen atoms in total. The van der Waals surface area contributed by atoms with Crippen molar-refractivity contribution in [1.29, 1.82) is 0 Å². The molecule has 134 valence electrons. The van der Waals surface area contributed by atoms with E-state index in [1.807, 2.05) is 0 Å². The van der Waals surface area contributed by atoms with Crippen molar-refractivity contribution in [2.24, 2.45) is 0 Å². The van der Waals surface area contributed by atoms with E-state index in [1.54, 1.807) is 36.6 Å². The summed E-state index contributed by atoms with van der Waals surface area (Å²) in [6.45, 7) is 1.98. The van der Waals surface area contributed by atoms with Crippen LogP contribution in [0.25, 0.3) is 0 Å². The third-order valence-corrected chi connectivity index (χ3v) is 6.86. The number of amides is 1. The highest BCUT2D eigenvalue weighted by Crippen LogP contribution is 2.24. The first kappa shape index (κ1) is 18.2. The molecule has 1 unspecified atom stereocenters. The van der Waals surface area contributed by atoms with Gasteiger partial charge in [-0.3, -0.25) is 4.79 Å². The highest BCUT2D eigenvalue weighted by atomic mass is 35.5. The van der Waals surface area contributed by atoms with Crippen molar-refractivity contribution < 1.29 is 17.9 Å². The number of thiazole rings is 1. The molecule has 9 heteroatoms. The topological polar surface area (TPSA) is 85.4 Å². The first-order chi connectivity index (χ1) is 11.7. The lowest BCUT2D eigenvalue weighted by molar-refractivity contribution is 0.0910. The van der Waals surface area contributed by atoms with Crippen molar-refractivity contribution >= 4 is 38.7 Å². The normalized spacial score (nSPS) is 21.8. The molecule has 1 atom stereocenters. The molecule has 25 heavy (non-hydrogen) atoms. The summed E-state index contributed by atoms with van der Waals surface area (Å²) >= 11 is 7.13. The van der Waals surface area contributed by atoms with Gasteiger partial charge in [-0.1, -0.05) is 11.6 Å². The number of nitrogens with one attached hydrogen (secondary N) is 1. The Kier molecular flexibility index (Phi) is 5.04. The van der Waals surface area contributed by atoms with E-state index >= 15 is 0 Å². The molecule has 0 bridgehead atoms. The summed E-state index contributed by atoms with van der Waals surface area (Å²) < 4.78 is 28.8. The zero-order valence-corrected chi connectivity index (χ0v) is 15.9. The Morgan fingerprint density at radius 3 is 2.76 bits per heavy atom. The van der Waals surface area contributed by atoms with Crippen LogP contribution in [0.3, 0.4) is 0 Å². The number of hydrogen-bond acceptors (Lipinski definition) is 6. The van der Waals surface area contributed by atoms with E-state index in [9.17, 15) is 13.2 Å². The first-order valence-corrected chi connectivity index (χ1v) is 10.7. The number of hydrogen-bond donors (Lipinski definition) is 1. The van der Waals surface area contributed by atoms with Gasteiger partial charge in [0, 0.05) is 10.4 Å². The maximum absolute atomic E-state index is 12.3. The summed E-state index contributed by atoms with van der Waals surface area (Å²) in [6, 6.07) is 6.97. The van der Waals surface area contributed by atoms with Crippen molar-refractivity contribution in [1.82, 2.24) is 10.3 Å². The minimum absolute atomic E-state index is 0.0393. The molecule has 0 spiro atoms. The number of ether oxygens (including phenoxy) is 1. The van der Waals surface area contributed by atoms with E-state index in [4.69, 9.17) is 16.3 Å². The Hall–Kier alpha value is -1.64. The van der Waals surface area contributed by atoms with E-state index in [0.717, 1.165) is 0 Å². The fourth-order valence-corrected chi connectivity index (χ4v) is 5.51. The molecule has 1 fully saturated rings. The average molecular weight is 401 g/mol. The first-order valence-electron chi connectivity index (χ1n) is 7.60. The Bertz CT molecular complexity index is 880. The molecule has 0 aliphatic carbocycles. The standard InChI is InChI=1S/C16H17ClN2O4S2/c1-16(6-7-25(21,22)10-16)19-15(20)13-9-24-14(18-13)8-23-12-4-2-11(17)3-5-12/h2-5,9H,6-8,10H2,1H3,(H,19,20). The van der Waals surface area contributed by atoms with E-state index in [0.29, 0.717) is 22.2 Å². The molecule has 1 aliphatic rings. The predicted molar refractivity (Wildman–Crippen MR) is 97.0 cm³/mol. The molecule has 2 heterocycles. The molecule has 0 radical (unpaired) electrons. The number of aromatic nitrogens is 1. The van der Waals surface area contributed by atoms with Crippen molar-refractivity contribution in [3.05, 3.63) is 45.4 Å². The Labute approximate surface area is 155 Å². The second-order valence-corrected chi connectivity index (χ2v) is 9.79. The summed E-state index contributed by atoms with van der Waals surface area (Å²) in [5.41, 5.74) is -0.468. The second kappa shape index (κ2) is 6.93. The smallest absolute Gasteiger partial charge is 0.271 e. The van der Waals surface area contributed by atoms with Crippen LogP contribution in [0.5, 0.6) is 5.75 Å². The molecule has 1 amide bonds. The van der Waals surface area contributed by atoms with Gasteiger partial charge in [0.05, 0.1) is 17.0 Å². The van der Waals surface area contributed by atoms with Crippen LogP contribution in [-0.4, -0.2) is 36.4 Å². The molecule has 1 aromatic heterocycles. The van der Waals surface area contributed by atoms with Crippen LogP contribution in [-0.2, 0) is 16.4 Å². The van der Waals surface area contributed by atoms with Gasteiger partial charge >= 0.3 is 0 Å². The molecular weight excluding hydrogens is 384 g/mol. The van der Waals surface area contributed by atoms with Crippen molar-refractivity contribution in [3.8, 4) is 5.75 Å². The van der Waals surface area contributed by atoms with Gasteiger partial charge in [0.25, 0.3) is 5.91 Å². The highest BCUT2D eigenvalue weighted by molar-refractivity contribution is 7.91. The summed E-state index contributed by atoms with van der Waals surface area (Å²) in [6.07, 6.45) is 0.414. The number of sulfone groups is 1. The Morgan fingerprint density at radius 1 is 1.40 bits per heavy atom. The van der Waals surface area contributed by atoms with Gasteiger partial charge in [-0.25, -0.2) is 13.4 Å². The van der Waals surface area contributed by atoms with Crippen LogP contribution in [0.2, 0.25) is 5.02 Å². The fraction of sp³-hybridized carbons (Fsp3) is 0.375.